The molecule has 1 aromatic rings. The van der Waals surface area contributed by atoms with Crippen molar-refractivity contribution in [2.45, 2.75) is 46.0 Å². The second-order valence-corrected chi connectivity index (χ2v) is 7.38. The average molecular weight is 344 g/mol. The molecule has 2 heterocycles. The summed E-state index contributed by atoms with van der Waals surface area (Å²) in [5.74, 6) is 0. The number of hydrogen-bond donors (Lipinski definition) is 1. The van der Waals surface area contributed by atoms with Gasteiger partial charge < -0.3 is 5.73 Å². The molecule has 21 heavy (non-hydrogen) atoms. The van der Waals surface area contributed by atoms with Crippen LogP contribution in [0.4, 0.5) is 13.2 Å². The third-order valence-corrected chi connectivity index (χ3v) is 4.79. The first kappa shape index (κ1) is 18.7. The zero-order valence-corrected chi connectivity index (χ0v) is 14.0. The van der Waals surface area contributed by atoms with E-state index in [1.54, 1.807) is 6.92 Å². The first-order chi connectivity index (χ1) is 9.09. The van der Waals surface area contributed by atoms with Crippen molar-refractivity contribution in [1.82, 2.24) is 9.88 Å². The van der Waals surface area contributed by atoms with Crippen molar-refractivity contribution in [3.63, 3.8) is 0 Å². The van der Waals surface area contributed by atoms with Gasteiger partial charge in [0, 0.05) is 25.7 Å². The number of alkyl halides is 3. The Morgan fingerprint density at radius 1 is 1.43 bits per heavy atom. The highest BCUT2D eigenvalue weighted by atomic mass is 35.5. The number of nitrogens with zero attached hydrogens (tertiary/aromatic N) is 2. The summed E-state index contributed by atoms with van der Waals surface area (Å²) in [6.07, 6.45) is -3.56. The molecule has 122 valence electrons. The van der Waals surface area contributed by atoms with E-state index < -0.39 is 11.9 Å². The van der Waals surface area contributed by atoms with Crippen molar-refractivity contribution in [3.8, 4) is 0 Å². The summed E-state index contributed by atoms with van der Waals surface area (Å²) in [5, 5.41) is 0.459. The van der Waals surface area contributed by atoms with Crippen LogP contribution in [0.2, 0.25) is 0 Å². The second kappa shape index (κ2) is 6.40. The monoisotopic (exact) mass is 343 g/mol. The van der Waals surface area contributed by atoms with Crippen molar-refractivity contribution >= 4 is 23.7 Å². The molecule has 0 spiro atoms. The smallest absolute Gasteiger partial charge is 0.327 e. The molecule has 2 N–H and O–H groups in total. The molecular formula is C13H21ClF3N3S. The van der Waals surface area contributed by atoms with Crippen molar-refractivity contribution < 1.29 is 13.2 Å². The lowest BCUT2D eigenvalue weighted by atomic mass is 9.80. The van der Waals surface area contributed by atoms with Gasteiger partial charge in [0.1, 0.15) is 0 Å². The van der Waals surface area contributed by atoms with Crippen LogP contribution >= 0.6 is 23.7 Å². The fourth-order valence-electron chi connectivity index (χ4n) is 2.62. The van der Waals surface area contributed by atoms with Gasteiger partial charge in [-0.2, -0.15) is 13.2 Å². The fourth-order valence-corrected chi connectivity index (χ4v) is 3.62. The van der Waals surface area contributed by atoms with Crippen LogP contribution in [-0.2, 0) is 12.7 Å². The number of halogens is 4. The Hall–Kier alpha value is -0.370. The Morgan fingerprint density at radius 3 is 2.57 bits per heavy atom. The highest BCUT2D eigenvalue weighted by Gasteiger charge is 2.39. The largest absolute Gasteiger partial charge is 0.434 e. The van der Waals surface area contributed by atoms with E-state index in [-0.39, 0.29) is 23.9 Å². The van der Waals surface area contributed by atoms with Crippen LogP contribution in [0.15, 0.2) is 0 Å². The molecule has 8 heteroatoms. The molecule has 1 unspecified atom stereocenters. The number of nitrogens with two attached hydrogens (primary N) is 1. The molecule has 0 saturated carbocycles. The summed E-state index contributed by atoms with van der Waals surface area (Å²) in [6.45, 7) is 7.48. The first-order valence-electron chi connectivity index (χ1n) is 6.61. The molecule has 2 rings (SSSR count). The Labute approximate surface area is 133 Å². The Balaban J connectivity index is 0.00000220. The van der Waals surface area contributed by atoms with Gasteiger partial charge in [-0.05, 0) is 18.8 Å². The predicted octanol–water partition coefficient (Wildman–Crippen LogP) is 3.45. The number of likely N-dealkylation sites (tertiary alicyclic amines) is 1. The van der Waals surface area contributed by atoms with Crippen LogP contribution in [0, 0.1) is 12.3 Å². The third-order valence-electron chi connectivity index (χ3n) is 3.83. The molecule has 0 amide bonds. The van der Waals surface area contributed by atoms with E-state index in [9.17, 15) is 13.2 Å². The van der Waals surface area contributed by atoms with Crippen LogP contribution < -0.4 is 5.73 Å². The molecule has 1 aliphatic rings. The number of piperidine rings is 1. The highest BCUT2D eigenvalue weighted by Crippen LogP contribution is 2.36. The number of aryl methyl sites for hydroxylation is 1. The summed E-state index contributed by atoms with van der Waals surface area (Å²) in [5.41, 5.74) is 5.25. The summed E-state index contributed by atoms with van der Waals surface area (Å²) in [6, 6.07) is 0.101. The van der Waals surface area contributed by atoms with E-state index in [0.29, 0.717) is 23.0 Å². The standard InChI is InChI=1S/C13H20F3N3S.ClH/c1-8-18-11(13(14,15)16)9(20-8)6-19-5-4-10(17)12(2,3)7-19;/h10H,4-7,17H2,1-3H3;1H. The lowest BCUT2D eigenvalue weighted by molar-refractivity contribution is -0.141. The predicted molar refractivity (Wildman–Crippen MR) is 80.8 cm³/mol. The lowest BCUT2D eigenvalue weighted by Crippen LogP contribution is -2.52. The Kier molecular flexibility index (Phi) is 5.69. The molecule has 0 radical (unpaired) electrons. The van der Waals surface area contributed by atoms with Crippen molar-refractivity contribution in [3.05, 3.63) is 15.6 Å². The van der Waals surface area contributed by atoms with Crippen molar-refractivity contribution in [2.24, 2.45) is 11.1 Å². The van der Waals surface area contributed by atoms with E-state index in [2.05, 4.69) is 18.8 Å². The minimum absolute atomic E-state index is 0. The van der Waals surface area contributed by atoms with E-state index in [1.807, 2.05) is 4.90 Å². The maximum atomic E-state index is 12.9. The summed E-state index contributed by atoms with van der Waals surface area (Å²) in [4.78, 5) is 5.99. The van der Waals surface area contributed by atoms with Crippen LogP contribution in [0.5, 0.6) is 0 Å². The van der Waals surface area contributed by atoms with Crippen LogP contribution in [0.1, 0.15) is 35.8 Å². The summed E-state index contributed by atoms with van der Waals surface area (Å²) in [7, 11) is 0. The van der Waals surface area contributed by atoms with Gasteiger partial charge in [-0.3, -0.25) is 4.90 Å². The summed E-state index contributed by atoms with van der Waals surface area (Å²) >= 11 is 1.13. The Bertz CT molecular complexity index is 487. The van der Waals surface area contributed by atoms with Crippen molar-refractivity contribution in [1.29, 1.82) is 0 Å². The van der Waals surface area contributed by atoms with Crippen LogP contribution in [0.3, 0.4) is 0 Å². The minimum Gasteiger partial charge on any atom is -0.327 e. The van der Waals surface area contributed by atoms with E-state index in [0.717, 1.165) is 24.3 Å². The van der Waals surface area contributed by atoms with Crippen molar-refractivity contribution in [2.75, 3.05) is 13.1 Å². The van der Waals surface area contributed by atoms with E-state index in [1.165, 1.54) is 0 Å². The highest BCUT2D eigenvalue weighted by molar-refractivity contribution is 7.11. The maximum absolute atomic E-state index is 12.9. The average Bonchev–Trinajstić information content (AvgIpc) is 2.64. The van der Waals surface area contributed by atoms with Gasteiger partial charge in [0.2, 0.25) is 0 Å². The SMILES string of the molecule is Cc1nc(C(F)(F)F)c(CN2CCC(N)C(C)(C)C2)s1.Cl. The van der Waals surface area contributed by atoms with Crippen LogP contribution in [-0.4, -0.2) is 29.0 Å². The lowest BCUT2D eigenvalue weighted by Gasteiger charge is -2.42. The topological polar surface area (TPSA) is 42.2 Å². The maximum Gasteiger partial charge on any atom is 0.434 e. The molecular weight excluding hydrogens is 323 g/mol. The molecule has 1 atom stereocenters. The van der Waals surface area contributed by atoms with Gasteiger partial charge in [-0.25, -0.2) is 4.98 Å². The second-order valence-electron chi connectivity index (χ2n) is 6.10. The van der Waals surface area contributed by atoms with Gasteiger partial charge in [0.05, 0.1) is 9.88 Å². The molecule has 0 aromatic carbocycles. The van der Waals surface area contributed by atoms with Gasteiger partial charge in [-0.1, -0.05) is 13.8 Å². The minimum atomic E-state index is -4.37. The van der Waals surface area contributed by atoms with Gasteiger partial charge in [-0.15, -0.1) is 23.7 Å². The number of aromatic nitrogens is 1. The number of rotatable bonds is 2. The third kappa shape index (κ3) is 4.31. The van der Waals surface area contributed by atoms with E-state index in [4.69, 9.17) is 5.73 Å². The van der Waals surface area contributed by atoms with Crippen LogP contribution in [0.25, 0.3) is 0 Å². The molecule has 3 nitrogen and oxygen atoms in total. The van der Waals surface area contributed by atoms with E-state index >= 15 is 0 Å². The molecule has 0 aliphatic carbocycles. The number of thiazole rings is 1. The summed E-state index contributed by atoms with van der Waals surface area (Å²) < 4.78 is 38.8. The fraction of sp³-hybridized carbons (Fsp3) is 0.769. The number of hydrogen-bond acceptors (Lipinski definition) is 4. The van der Waals surface area contributed by atoms with Gasteiger partial charge in [0.15, 0.2) is 5.69 Å². The quantitative estimate of drug-likeness (QED) is 0.894. The zero-order valence-electron chi connectivity index (χ0n) is 12.3. The molecule has 0 bridgehead atoms. The molecule has 1 saturated heterocycles. The Morgan fingerprint density at radius 2 is 2.05 bits per heavy atom. The molecule has 1 aromatic heterocycles. The van der Waals surface area contributed by atoms with Gasteiger partial charge >= 0.3 is 6.18 Å². The zero-order chi connectivity index (χ0) is 15.1. The van der Waals surface area contributed by atoms with Gasteiger partial charge in [0.25, 0.3) is 0 Å². The molecule has 1 aliphatic heterocycles. The normalized spacial score (nSPS) is 22.9. The first-order valence-corrected chi connectivity index (χ1v) is 7.42. The molecule has 1 fully saturated rings.